The highest BCUT2D eigenvalue weighted by Crippen LogP contribution is 2.36. The lowest BCUT2D eigenvalue weighted by Gasteiger charge is -2.44. The highest BCUT2D eigenvalue weighted by Gasteiger charge is 2.44. The second-order valence-corrected chi connectivity index (χ2v) is 11.1. The summed E-state index contributed by atoms with van der Waals surface area (Å²) in [6.45, 7) is 5.64. The number of rotatable bonds is 7. The molecule has 3 radical (unpaired) electrons. The monoisotopic (exact) mass is 575 g/mol. The van der Waals surface area contributed by atoms with Gasteiger partial charge in [-0.3, -0.25) is 14.4 Å². The number of aromatic nitrogens is 2. The molecule has 2 atom stereocenters. The molecule has 0 saturated carbocycles. The van der Waals surface area contributed by atoms with Crippen LogP contribution in [0.3, 0.4) is 0 Å². The number of carbonyl (C=O) groups is 2. The van der Waals surface area contributed by atoms with E-state index in [1.807, 2.05) is 6.92 Å². The van der Waals surface area contributed by atoms with Gasteiger partial charge in [-0.2, -0.15) is 0 Å². The predicted octanol–water partition coefficient (Wildman–Crippen LogP) is 4.31. The summed E-state index contributed by atoms with van der Waals surface area (Å²) in [5.74, 6) is -0.410. The van der Waals surface area contributed by atoms with Gasteiger partial charge in [0, 0.05) is 22.3 Å². The van der Waals surface area contributed by atoms with E-state index in [4.69, 9.17) is 25.5 Å². The lowest BCUT2D eigenvalue weighted by molar-refractivity contribution is -0.325. The standard InChI is InChI=1S/C23H27ClF3N4O6Si/c1-13-5-6-14(11-15(13)24)17(32)28-22(38)8-7-16(31(12-22)20(33)37-21(2,3)4)18-29-30-19(36-18)34-9-10-35-23(25,26)27/h5-6,11,16H,7-10,12H2,1-4H3,(H,28,32)/t16-,22+/m1/s1. The molecule has 1 aliphatic heterocycles. The first kappa shape index (κ1) is 29.7. The Balaban J connectivity index is 1.75. The Hall–Kier alpha value is -2.84. The van der Waals surface area contributed by atoms with Crippen molar-refractivity contribution in [3.8, 4) is 6.08 Å². The van der Waals surface area contributed by atoms with Gasteiger partial charge in [-0.05, 0) is 58.2 Å². The molecule has 1 fully saturated rings. The molecule has 1 aromatic heterocycles. The molecule has 0 unspecified atom stereocenters. The molecule has 2 heterocycles. The van der Waals surface area contributed by atoms with E-state index in [9.17, 15) is 22.8 Å². The summed E-state index contributed by atoms with van der Waals surface area (Å²) in [5, 5.41) is 9.89. The van der Waals surface area contributed by atoms with Crippen LogP contribution in [0.1, 0.15) is 61.5 Å². The number of hydrogen-bond donors (Lipinski definition) is 1. The number of nitrogens with zero attached hydrogens (tertiary/aromatic N) is 3. The average Bonchev–Trinajstić information content (AvgIpc) is 3.25. The third kappa shape index (κ3) is 8.33. The molecule has 2 aromatic rings. The molecule has 10 nitrogen and oxygen atoms in total. The molecule has 2 amide bonds. The first-order chi connectivity index (χ1) is 17.6. The maximum Gasteiger partial charge on any atom is 0.522 e. The van der Waals surface area contributed by atoms with Crippen LogP contribution in [0.5, 0.6) is 6.08 Å². The zero-order chi connectivity index (χ0) is 28.3. The van der Waals surface area contributed by atoms with E-state index in [0.29, 0.717) is 17.0 Å². The number of carbonyl (C=O) groups excluding carboxylic acids is 2. The van der Waals surface area contributed by atoms with Crippen molar-refractivity contribution in [2.45, 2.75) is 63.7 Å². The van der Waals surface area contributed by atoms with Gasteiger partial charge in [-0.15, -0.1) is 18.3 Å². The summed E-state index contributed by atoms with van der Waals surface area (Å²) >= 11 is 6.16. The Morgan fingerprint density at radius 3 is 2.61 bits per heavy atom. The van der Waals surface area contributed by atoms with Gasteiger partial charge in [0.25, 0.3) is 5.91 Å². The van der Waals surface area contributed by atoms with Crippen molar-refractivity contribution in [2.75, 3.05) is 19.8 Å². The maximum atomic E-state index is 13.1. The Labute approximate surface area is 225 Å². The number of benzene rings is 1. The van der Waals surface area contributed by atoms with Crippen molar-refractivity contribution in [2.24, 2.45) is 0 Å². The average molecular weight is 576 g/mol. The Kier molecular flexibility index (Phi) is 8.99. The third-order valence-corrected chi connectivity index (χ3v) is 6.30. The molecule has 0 aliphatic carbocycles. The van der Waals surface area contributed by atoms with E-state index in [1.165, 1.54) is 4.90 Å². The van der Waals surface area contributed by atoms with Crippen LogP contribution in [0.15, 0.2) is 22.6 Å². The molecule has 0 bridgehead atoms. The first-order valence-electron chi connectivity index (χ1n) is 11.6. The van der Waals surface area contributed by atoms with Crippen molar-refractivity contribution >= 4 is 33.8 Å². The highest BCUT2D eigenvalue weighted by molar-refractivity contribution is 6.31. The zero-order valence-corrected chi connectivity index (χ0v) is 22.9. The van der Waals surface area contributed by atoms with E-state index in [-0.39, 0.29) is 24.9 Å². The molecule has 0 spiro atoms. The van der Waals surface area contributed by atoms with Gasteiger partial charge in [-0.1, -0.05) is 22.8 Å². The van der Waals surface area contributed by atoms with Crippen LogP contribution in [-0.2, 0) is 9.47 Å². The SMILES string of the molecule is Cc1ccc(C(=O)N[C@]2([Si])CC[C@H](c3nnc(OCCOC(F)(F)F)o3)N(C(=O)OC(C)(C)C)C2)cc1Cl. The fraction of sp³-hybridized carbons (Fsp3) is 0.565. The van der Waals surface area contributed by atoms with Gasteiger partial charge in [0.1, 0.15) is 18.2 Å². The molecule has 15 heteroatoms. The fourth-order valence-electron chi connectivity index (χ4n) is 3.61. The summed E-state index contributed by atoms with van der Waals surface area (Å²) in [4.78, 5) is 27.4. The molecule has 1 N–H and O–H groups in total. The molecule has 207 valence electrons. The van der Waals surface area contributed by atoms with Gasteiger partial charge in [-0.25, -0.2) is 4.79 Å². The largest absolute Gasteiger partial charge is 0.522 e. The van der Waals surface area contributed by atoms with Crippen LogP contribution in [0, 0.1) is 6.92 Å². The van der Waals surface area contributed by atoms with E-state index in [1.54, 1.807) is 39.0 Å². The summed E-state index contributed by atoms with van der Waals surface area (Å²) in [7, 11) is 3.63. The van der Waals surface area contributed by atoms with Gasteiger partial charge < -0.3 is 19.2 Å². The predicted molar refractivity (Wildman–Crippen MR) is 129 cm³/mol. The number of likely N-dealkylation sites (tertiary alicyclic amines) is 1. The number of amides is 2. The minimum atomic E-state index is -4.79. The van der Waals surface area contributed by atoms with Gasteiger partial charge in [0.15, 0.2) is 0 Å². The van der Waals surface area contributed by atoms with Crippen molar-refractivity contribution in [1.29, 1.82) is 0 Å². The van der Waals surface area contributed by atoms with E-state index in [0.717, 1.165) is 5.56 Å². The number of nitrogens with one attached hydrogen (secondary N) is 1. The van der Waals surface area contributed by atoms with Crippen LogP contribution in [0.2, 0.25) is 5.02 Å². The van der Waals surface area contributed by atoms with Gasteiger partial charge in [0.05, 0.1) is 16.8 Å². The lowest BCUT2D eigenvalue weighted by Crippen LogP contribution is -2.61. The molecule has 1 saturated heterocycles. The molecule has 1 aromatic carbocycles. The normalized spacial score (nSPS) is 20.2. The van der Waals surface area contributed by atoms with Crippen LogP contribution >= 0.6 is 11.6 Å². The van der Waals surface area contributed by atoms with Crippen LogP contribution in [0.25, 0.3) is 0 Å². The van der Waals surface area contributed by atoms with E-state index >= 15 is 0 Å². The number of hydrogen-bond acceptors (Lipinski definition) is 8. The number of aryl methyl sites for hydroxylation is 1. The fourth-order valence-corrected chi connectivity index (χ4v) is 4.22. The Morgan fingerprint density at radius 2 is 1.97 bits per heavy atom. The summed E-state index contributed by atoms with van der Waals surface area (Å²) in [5.41, 5.74) is 0.345. The smallest absolute Gasteiger partial charge is 0.447 e. The van der Waals surface area contributed by atoms with Crippen molar-refractivity contribution in [3.63, 3.8) is 0 Å². The van der Waals surface area contributed by atoms with Crippen LogP contribution in [0.4, 0.5) is 18.0 Å². The van der Waals surface area contributed by atoms with Crippen molar-refractivity contribution < 1.29 is 41.4 Å². The number of alkyl halides is 3. The first-order valence-corrected chi connectivity index (χ1v) is 12.4. The topological polar surface area (TPSA) is 116 Å². The zero-order valence-electron chi connectivity index (χ0n) is 21.1. The Bertz CT molecular complexity index is 1160. The second-order valence-electron chi connectivity index (χ2n) is 9.71. The number of piperidine rings is 1. The summed E-state index contributed by atoms with van der Waals surface area (Å²) in [6, 6.07) is 4.17. The van der Waals surface area contributed by atoms with Crippen molar-refractivity contribution in [3.05, 3.63) is 40.2 Å². The third-order valence-electron chi connectivity index (χ3n) is 5.36. The highest BCUT2D eigenvalue weighted by atomic mass is 35.5. The maximum absolute atomic E-state index is 13.1. The van der Waals surface area contributed by atoms with Crippen molar-refractivity contribution in [1.82, 2.24) is 20.4 Å². The number of halogens is 4. The molecular formula is C23H27ClF3N4O6Si. The number of ether oxygens (including phenoxy) is 3. The summed E-state index contributed by atoms with van der Waals surface area (Å²) < 4.78 is 56.0. The van der Waals surface area contributed by atoms with Gasteiger partial charge in [0.2, 0.25) is 5.89 Å². The molecule has 3 rings (SSSR count). The molecule has 38 heavy (non-hydrogen) atoms. The molecular weight excluding hydrogens is 549 g/mol. The van der Waals surface area contributed by atoms with E-state index < -0.39 is 48.4 Å². The lowest BCUT2D eigenvalue weighted by atomic mass is 9.97. The molecule has 1 aliphatic rings. The Morgan fingerprint density at radius 1 is 1.26 bits per heavy atom. The second kappa shape index (κ2) is 11.5. The van der Waals surface area contributed by atoms with E-state index in [2.05, 4.69) is 30.5 Å². The minimum Gasteiger partial charge on any atom is -0.447 e. The minimum absolute atomic E-state index is 0.00652. The van der Waals surface area contributed by atoms with Crippen LogP contribution < -0.4 is 10.1 Å². The van der Waals surface area contributed by atoms with Gasteiger partial charge >= 0.3 is 18.5 Å². The van der Waals surface area contributed by atoms with Crippen LogP contribution in [-0.4, -0.2) is 74.2 Å². The quantitative estimate of drug-likeness (QED) is 0.383. The summed E-state index contributed by atoms with van der Waals surface area (Å²) in [6.07, 6.45) is -5.26.